The Hall–Kier alpha value is -2.67. The van der Waals surface area contributed by atoms with Crippen molar-refractivity contribution in [2.24, 2.45) is 5.92 Å². The molecule has 0 unspecified atom stereocenters. The maximum atomic E-state index is 12.3. The zero-order valence-corrected chi connectivity index (χ0v) is 13.9. The van der Waals surface area contributed by atoms with Crippen LogP contribution in [0.5, 0.6) is 0 Å². The highest BCUT2D eigenvalue weighted by Gasteiger charge is 2.26. The van der Waals surface area contributed by atoms with Crippen LogP contribution in [-0.4, -0.2) is 41.0 Å². The molecule has 1 fully saturated rings. The first-order valence-corrected chi connectivity index (χ1v) is 8.36. The van der Waals surface area contributed by atoms with Gasteiger partial charge in [-0.3, -0.25) is 14.5 Å². The second-order valence-electron chi connectivity index (χ2n) is 6.36. The molecule has 0 radical (unpaired) electrons. The number of aromatic amines is 1. The Labute approximate surface area is 143 Å². The lowest BCUT2D eigenvalue weighted by molar-refractivity contribution is -0.147. The number of benzene rings is 1. The third-order valence-corrected chi connectivity index (χ3v) is 4.78. The number of likely N-dealkylation sites (tertiary alicyclic amines) is 1. The molecule has 0 saturated carbocycles. The van der Waals surface area contributed by atoms with Crippen LogP contribution in [0.25, 0.3) is 22.1 Å². The Bertz CT molecular complexity index is 983. The molecule has 0 atom stereocenters. The molecular weight excluding hydrogens is 322 g/mol. The van der Waals surface area contributed by atoms with Crippen LogP contribution in [0.2, 0.25) is 0 Å². The monoisotopic (exact) mass is 341 g/mol. The van der Waals surface area contributed by atoms with Crippen LogP contribution < -0.4 is 5.56 Å². The largest absolute Gasteiger partial charge is 0.469 e. The lowest BCUT2D eigenvalue weighted by Crippen LogP contribution is -2.37. The Balaban J connectivity index is 1.57. The minimum Gasteiger partial charge on any atom is -0.469 e. The number of piperidine rings is 1. The molecule has 1 aliphatic rings. The summed E-state index contributed by atoms with van der Waals surface area (Å²) in [6.07, 6.45) is 1.52. The van der Waals surface area contributed by atoms with E-state index in [9.17, 15) is 9.59 Å². The Morgan fingerprint density at radius 3 is 2.88 bits per heavy atom. The average Bonchev–Trinajstić information content (AvgIpc) is 3.01. The van der Waals surface area contributed by atoms with E-state index in [2.05, 4.69) is 14.9 Å². The van der Waals surface area contributed by atoms with Gasteiger partial charge in [0.25, 0.3) is 5.56 Å². The van der Waals surface area contributed by atoms with E-state index in [1.807, 2.05) is 24.3 Å². The number of fused-ring (bicyclic) bond motifs is 3. The third-order valence-electron chi connectivity index (χ3n) is 4.78. The Morgan fingerprint density at radius 2 is 2.12 bits per heavy atom. The molecule has 4 rings (SSSR count). The molecule has 1 saturated heterocycles. The number of hydrogen-bond acceptors (Lipinski definition) is 6. The highest BCUT2D eigenvalue weighted by molar-refractivity contribution is 6.01. The van der Waals surface area contributed by atoms with Crippen LogP contribution in [0, 0.1) is 5.92 Å². The van der Waals surface area contributed by atoms with E-state index in [0.717, 1.165) is 31.3 Å². The predicted octanol–water partition coefficient (Wildman–Crippen LogP) is 2.05. The Kier molecular flexibility index (Phi) is 4.01. The molecule has 7 heteroatoms. The number of esters is 1. The zero-order valence-electron chi connectivity index (χ0n) is 13.9. The second kappa shape index (κ2) is 6.33. The van der Waals surface area contributed by atoms with Gasteiger partial charge in [0, 0.05) is 5.39 Å². The molecule has 1 N–H and O–H groups in total. The maximum Gasteiger partial charge on any atom is 0.308 e. The molecule has 0 aliphatic carbocycles. The number of hydrogen-bond donors (Lipinski definition) is 1. The SMILES string of the molecule is COC(=O)C1CCN(Cc2nc3c(oc4ccccc43)c(=O)[nH]2)CC1. The van der Waals surface area contributed by atoms with Crippen molar-refractivity contribution in [3.8, 4) is 0 Å². The predicted molar refractivity (Wildman–Crippen MR) is 92.2 cm³/mol. The number of ether oxygens (including phenoxy) is 1. The van der Waals surface area contributed by atoms with Crippen LogP contribution >= 0.6 is 0 Å². The number of methoxy groups -OCH3 is 1. The van der Waals surface area contributed by atoms with Gasteiger partial charge in [0.1, 0.15) is 16.9 Å². The average molecular weight is 341 g/mol. The van der Waals surface area contributed by atoms with Gasteiger partial charge in [-0.25, -0.2) is 4.98 Å². The van der Waals surface area contributed by atoms with Gasteiger partial charge in [0.05, 0.1) is 19.6 Å². The number of furan rings is 1. The van der Waals surface area contributed by atoms with Crippen molar-refractivity contribution >= 4 is 28.0 Å². The Morgan fingerprint density at radius 1 is 1.36 bits per heavy atom. The van der Waals surface area contributed by atoms with Crippen LogP contribution in [0.3, 0.4) is 0 Å². The van der Waals surface area contributed by atoms with E-state index >= 15 is 0 Å². The smallest absolute Gasteiger partial charge is 0.308 e. The second-order valence-corrected chi connectivity index (χ2v) is 6.36. The molecule has 25 heavy (non-hydrogen) atoms. The summed E-state index contributed by atoms with van der Waals surface area (Å²) in [4.78, 5) is 33.5. The van der Waals surface area contributed by atoms with E-state index in [-0.39, 0.29) is 23.0 Å². The van der Waals surface area contributed by atoms with Gasteiger partial charge in [0.2, 0.25) is 5.58 Å². The number of para-hydroxylation sites is 1. The van der Waals surface area contributed by atoms with Gasteiger partial charge in [-0.15, -0.1) is 0 Å². The van der Waals surface area contributed by atoms with Crippen molar-refractivity contribution in [2.75, 3.05) is 20.2 Å². The molecule has 130 valence electrons. The van der Waals surface area contributed by atoms with Crippen LogP contribution in [0.15, 0.2) is 33.5 Å². The lowest BCUT2D eigenvalue weighted by Gasteiger charge is -2.30. The highest BCUT2D eigenvalue weighted by atomic mass is 16.5. The maximum absolute atomic E-state index is 12.3. The van der Waals surface area contributed by atoms with E-state index in [1.165, 1.54) is 7.11 Å². The number of nitrogens with zero attached hydrogens (tertiary/aromatic N) is 2. The first-order chi connectivity index (χ1) is 12.2. The van der Waals surface area contributed by atoms with E-state index in [4.69, 9.17) is 9.15 Å². The standard InChI is InChI=1S/C18H19N3O4/c1-24-18(23)11-6-8-21(9-7-11)10-14-19-15-12-4-2-3-5-13(12)25-16(15)17(22)20-14/h2-5,11H,6-10H2,1H3,(H,19,20,22). The summed E-state index contributed by atoms with van der Waals surface area (Å²) in [5.74, 6) is 0.437. The summed E-state index contributed by atoms with van der Waals surface area (Å²) in [7, 11) is 1.42. The molecule has 3 heterocycles. The number of H-pyrrole nitrogens is 1. The van der Waals surface area contributed by atoms with Gasteiger partial charge in [0.15, 0.2) is 0 Å². The first kappa shape index (κ1) is 15.8. The minimum atomic E-state index is -0.263. The van der Waals surface area contributed by atoms with Crippen molar-refractivity contribution in [1.29, 1.82) is 0 Å². The topological polar surface area (TPSA) is 88.4 Å². The summed E-state index contributed by atoms with van der Waals surface area (Å²) in [5, 5.41) is 0.842. The van der Waals surface area contributed by atoms with Crippen LogP contribution in [0.4, 0.5) is 0 Å². The third kappa shape index (κ3) is 2.91. The van der Waals surface area contributed by atoms with Crippen molar-refractivity contribution in [1.82, 2.24) is 14.9 Å². The minimum absolute atomic E-state index is 0.0337. The van der Waals surface area contributed by atoms with Crippen LogP contribution in [0.1, 0.15) is 18.7 Å². The van der Waals surface area contributed by atoms with E-state index in [1.54, 1.807) is 0 Å². The fourth-order valence-electron chi connectivity index (χ4n) is 3.43. The molecule has 1 aliphatic heterocycles. The van der Waals surface area contributed by atoms with Crippen molar-refractivity contribution in [3.05, 3.63) is 40.4 Å². The molecule has 3 aromatic rings. The van der Waals surface area contributed by atoms with Gasteiger partial charge in [-0.2, -0.15) is 0 Å². The van der Waals surface area contributed by atoms with Gasteiger partial charge in [-0.05, 0) is 38.1 Å². The van der Waals surface area contributed by atoms with E-state index < -0.39 is 0 Å². The summed E-state index contributed by atoms with van der Waals surface area (Å²) in [5.41, 5.74) is 1.25. The number of carbonyl (C=O) groups excluding carboxylic acids is 1. The van der Waals surface area contributed by atoms with Crippen molar-refractivity contribution in [2.45, 2.75) is 19.4 Å². The first-order valence-electron chi connectivity index (χ1n) is 8.36. The van der Waals surface area contributed by atoms with Crippen molar-refractivity contribution in [3.63, 3.8) is 0 Å². The number of aromatic nitrogens is 2. The van der Waals surface area contributed by atoms with Crippen LogP contribution in [-0.2, 0) is 16.1 Å². The zero-order chi connectivity index (χ0) is 17.4. The highest BCUT2D eigenvalue weighted by Crippen LogP contribution is 2.25. The van der Waals surface area contributed by atoms with Gasteiger partial charge < -0.3 is 14.1 Å². The molecule has 1 aromatic carbocycles. The molecule has 0 spiro atoms. The summed E-state index contributed by atoms with van der Waals surface area (Å²) in [6.45, 7) is 2.08. The number of carbonyl (C=O) groups is 1. The number of rotatable bonds is 3. The fourth-order valence-corrected chi connectivity index (χ4v) is 3.43. The van der Waals surface area contributed by atoms with Gasteiger partial charge in [-0.1, -0.05) is 12.1 Å². The summed E-state index contributed by atoms with van der Waals surface area (Å²) >= 11 is 0. The molecule has 0 amide bonds. The number of nitrogens with one attached hydrogen (secondary N) is 1. The van der Waals surface area contributed by atoms with Gasteiger partial charge >= 0.3 is 5.97 Å². The fraction of sp³-hybridized carbons (Fsp3) is 0.389. The molecule has 0 bridgehead atoms. The summed E-state index contributed by atoms with van der Waals surface area (Å²) in [6, 6.07) is 7.50. The lowest BCUT2D eigenvalue weighted by atomic mass is 9.97. The summed E-state index contributed by atoms with van der Waals surface area (Å²) < 4.78 is 10.4. The van der Waals surface area contributed by atoms with E-state index in [0.29, 0.717) is 23.5 Å². The quantitative estimate of drug-likeness (QED) is 0.734. The normalized spacial score (nSPS) is 16.5. The molecule has 7 nitrogen and oxygen atoms in total. The molecule has 2 aromatic heterocycles. The van der Waals surface area contributed by atoms with Crippen molar-refractivity contribution < 1.29 is 13.9 Å². The molecular formula is C18H19N3O4.